The Hall–Kier alpha value is -3.83. The van der Waals surface area contributed by atoms with Crippen LogP contribution in [-0.2, 0) is 11.4 Å². The molecule has 0 aliphatic heterocycles. The molecule has 4 aromatic rings. The van der Waals surface area contributed by atoms with Gasteiger partial charge in [0.2, 0.25) is 0 Å². The SMILES string of the molecule is CCOc1cc(/C=C(\C#N)C(=O)Nc2cccc(C)c2C)cc(I)c1OCc1c(C)ccc2ccccc12. The van der Waals surface area contributed by atoms with E-state index < -0.39 is 5.91 Å². The van der Waals surface area contributed by atoms with Crippen LogP contribution in [0.4, 0.5) is 5.69 Å². The summed E-state index contributed by atoms with van der Waals surface area (Å²) in [5, 5.41) is 14.9. The van der Waals surface area contributed by atoms with Crippen molar-refractivity contribution < 1.29 is 14.3 Å². The summed E-state index contributed by atoms with van der Waals surface area (Å²) in [5.41, 5.74) is 5.69. The summed E-state index contributed by atoms with van der Waals surface area (Å²) in [7, 11) is 0. The Balaban J connectivity index is 1.62. The maximum absolute atomic E-state index is 12.9. The fourth-order valence-corrected chi connectivity index (χ4v) is 5.03. The third-order valence-electron chi connectivity index (χ3n) is 6.50. The Morgan fingerprint density at radius 1 is 1.00 bits per heavy atom. The molecule has 1 N–H and O–H groups in total. The van der Waals surface area contributed by atoms with Gasteiger partial charge in [0.05, 0.1) is 10.2 Å². The predicted molar refractivity (Wildman–Crippen MR) is 161 cm³/mol. The van der Waals surface area contributed by atoms with E-state index in [1.807, 2.05) is 63.2 Å². The van der Waals surface area contributed by atoms with E-state index in [4.69, 9.17) is 9.47 Å². The van der Waals surface area contributed by atoms with Crippen LogP contribution in [-0.4, -0.2) is 12.5 Å². The van der Waals surface area contributed by atoms with Crippen molar-refractivity contribution in [3.8, 4) is 17.6 Å². The molecule has 38 heavy (non-hydrogen) atoms. The van der Waals surface area contributed by atoms with Gasteiger partial charge in [0.1, 0.15) is 18.2 Å². The average Bonchev–Trinajstić information content (AvgIpc) is 2.90. The number of hydrogen-bond donors (Lipinski definition) is 1. The molecule has 0 heterocycles. The lowest BCUT2D eigenvalue weighted by molar-refractivity contribution is -0.112. The smallest absolute Gasteiger partial charge is 0.266 e. The van der Waals surface area contributed by atoms with Crippen LogP contribution in [0.25, 0.3) is 16.8 Å². The average molecular weight is 616 g/mol. The summed E-state index contributed by atoms with van der Waals surface area (Å²) in [5.74, 6) is 0.743. The fraction of sp³-hybridized carbons (Fsp3) is 0.188. The van der Waals surface area contributed by atoms with E-state index in [1.54, 1.807) is 12.1 Å². The van der Waals surface area contributed by atoms with E-state index in [0.717, 1.165) is 31.2 Å². The second-order valence-electron chi connectivity index (χ2n) is 9.01. The number of benzene rings is 4. The molecular formula is C32H29IN2O3. The summed E-state index contributed by atoms with van der Waals surface area (Å²) in [4.78, 5) is 12.9. The molecule has 0 unspecified atom stereocenters. The van der Waals surface area contributed by atoms with Crippen LogP contribution in [0.15, 0.2) is 72.3 Å². The van der Waals surface area contributed by atoms with Crippen molar-refractivity contribution in [1.29, 1.82) is 5.26 Å². The highest BCUT2D eigenvalue weighted by Gasteiger charge is 2.16. The Morgan fingerprint density at radius 3 is 2.55 bits per heavy atom. The first-order valence-corrected chi connectivity index (χ1v) is 13.5. The summed E-state index contributed by atoms with van der Waals surface area (Å²) >= 11 is 2.21. The molecule has 0 aromatic heterocycles. The Labute approximate surface area is 237 Å². The normalized spacial score (nSPS) is 11.2. The van der Waals surface area contributed by atoms with Crippen LogP contribution in [0.1, 0.15) is 34.7 Å². The fourth-order valence-electron chi connectivity index (χ4n) is 4.25. The monoisotopic (exact) mass is 616 g/mol. The van der Waals surface area contributed by atoms with Crippen molar-refractivity contribution in [3.63, 3.8) is 0 Å². The number of anilines is 1. The zero-order chi connectivity index (χ0) is 27.2. The first-order valence-electron chi connectivity index (χ1n) is 12.4. The van der Waals surface area contributed by atoms with Crippen molar-refractivity contribution in [2.24, 2.45) is 0 Å². The van der Waals surface area contributed by atoms with Gasteiger partial charge in [-0.05, 0) is 108 Å². The number of nitriles is 1. The largest absolute Gasteiger partial charge is 0.490 e. The highest BCUT2D eigenvalue weighted by Crippen LogP contribution is 2.36. The van der Waals surface area contributed by atoms with Crippen LogP contribution in [0.5, 0.6) is 11.5 Å². The molecule has 0 atom stereocenters. The van der Waals surface area contributed by atoms with Gasteiger partial charge >= 0.3 is 0 Å². The predicted octanol–water partition coefficient (Wildman–Crippen LogP) is 7.89. The first kappa shape index (κ1) is 27.2. The summed E-state index contributed by atoms with van der Waals surface area (Å²) in [6.07, 6.45) is 1.57. The second kappa shape index (κ2) is 12.1. The van der Waals surface area contributed by atoms with Gasteiger partial charge in [0, 0.05) is 11.3 Å². The van der Waals surface area contributed by atoms with Crippen molar-refractivity contribution in [2.75, 3.05) is 11.9 Å². The van der Waals surface area contributed by atoms with Crippen molar-refractivity contribution >= 4 is 51.0 Å². The lowest BCUT2D eigenvalue weighted by Gasteiger charge is -2.17. The lowest BCUT2D eigenvalue weighted by atomic mass is 10.0. The van der Waals surface area contributed by atoms with E-state index in [0.29, 0.717) is 36.0 Å². The summed E-state index contributed by atoms with van der Waals surface area (Å²) < 4.78 is 13.1. The molecule has 0 radical (unpaired) electrons. The minimum atomic E-state index is -0.457. The van der Waals surface area contributed by atoms with Crippen LogP contribution >= 0.6 is 22.6 Å². The molecule has 6 heteroatoms. The van der Waals surface area contributed by atoms with Crippen molar-refractivity contribution in [2.45, 2.75) is 34.3 Å². The van der Waals surface area contributed by atoms with Gasteiger partial charge in [-0.1, -0.05) is 48.5 Å². The Morgan fingerprint density at radius 2 is 1.79 bits per heavy atom. The van der Waals surface area contributed by atoms with Crippen LogP contribution in [0, 0.1) is 35.7 Å². The maximum Gasteiger partial charge on any atom is 0.266 e. The number of halogens is 1. The van der Waals surface area contributed by atoms with Gasteiger partial charge in [-0.25, -0.2) is 0 Å². The van der Waals surface area contributed by atoms with Gasteiger partial charge in [-0.2, -0.15) is 5.26 Å². The number of amides is 1. The highest BCUT2D eigenvalue weighted by atomic mass is 127. The number of carbonyl (C=O) groups excluding carboxylic acids is 1. The minimum absolute atomic E-state index is 0.00389. The van der Waals surface area contributed by atoms with Gasteiger partial charge in [-0.15, -0.1) is 0 Å². The molecular weight excluding hydrogens is 587 g/mol. The maximum atomic E-state index is 12.9. The van der Waals surface area contributed by atoms with Crippen LogP contribution in [0.3, 0.4) is 0 Å². The Kier molecular flexibility index (Phi) is 8.70. The molecule has 0 spiro atoms. The van der Waals surface area contributed by atoms with Crippen LogP contribution < -0.4 is 14.8 Å². The second-order valence-corrected chi connectivity index (χ2v) is 10.2. The molecule has 0 saturated carbocycles. The number of fused-ring (bicyclic) bond motifs is 1. The van der Waals surface area contributed by atoms with E-state index >= 15 is 0 Å². The molecule has 0 saturated heterocycles. The molecule has 0 bridgehead atoms. The molecule has 5 nitrogen and oxygen atoms in total. The number of aryl methyl sites for hydroxylation is 2. The summed E-state index contributed by atoms with van der Waals surface area (Å²) in [6, 6.07) is 23.9. The van der Waals surface area contributed by atoms with Gasteiger partial charge in [-0.3, -0.25) is 4.79 Å². The van der Waals surface area contributed by atoms with Gasteiger partial charge in [0.25, 0.3) is 5.91 Å². The molecule has 0 aliphatic rings. The molecule has 4 rings (SSSR count). The molecule has 0 fully saturated rings. The van der Waals surface area contributed by atoms with Crippen molar-refractivity contribution in [3.05, 3.63) is 104 Å². The van der Waals surface area contributed by atoms with E-state index in [1.165, 1.54) is 5.39 Å². The minimum Gasteiger partial charge on any atom is -0.490 e. The number of hydrogen-bond acceptors (Lipinski definition) is 4. The molecule has 4 aromatic carbocycles. The number of rotatable bonds is 8. The third kappa shape index (κ3) is 6.00. The zero-order valence-electron chi connectivity index (χ0n) is 21.9. The number of nitrogens with one attached hydrogen (secondary N) is 1. The number of carbonyl (C=O) groups is 1. The summed E-state index contributed by atoms with van der Waals surface area (Å²) in [6.45, 7) is 8.75. The zero-order valence-corrected chi connectivity index (χ0v) is 24.0. The van der Waals surface area contributed by atoms with E-state index in [9.17, 15) is 10.1 Å². The van der Waals surface area contributed by atoms with Gasteiger partial charge < -0.3 is 14.8 Å². The van der Waals surface area contributed by atoms with Crippen LogP contribution in [0.2, 0.25) is 0 Å². The quantitative estimate of drug-likeness (QED) is 0.124. The van der Waals surface area contributed by atoms with E-state index in [-0.39, 0.29) is 5.57 Å². The lowest BCUT2D eigenvalue weighted by Crippen LogP contribution is -2.14. The number of nitrogens with zero attached hydrogens (tertiary/aromatic N) is 1. The number of ether oxygens (including phenoxy) is 2. The van der Waals surface area contributed by atoms with E-state index in [2.05, 4.69) is 59.1 Å². The topological polar surface area (TPSA) is 71.3 Å². The third-order valence-corrected chi connectivity index (χ3v) is 7.30. The molecule has 192 valence electrons. The Bertz CT molecular complexity index is 1580. The molecule has 1 amide bonds. The highest BCUT2D eigenvalue weighted by molar-refractivity contribution is 14.1. The van der Waals surface area contributed by atoms with Gasteiger partial charge in [0.15, 0.2) is 11.5 Å². The molecule has 0 aliphatic carbocycles. The first-order chi connectivity index (χ1) is 18.3. The van der Waals surface area contributed by atoms with Crippen molar-refractivity contribution in [1.82, 2.24) is 0 Å². The standard InChI is InChI=1S/C32H29IN2O3/c1-5-37-30-17-23(15-25(18-34)32(36)35-29-12-8-9-20(2)22(29)4)16-28(33)31(30)38-19-27-21(3)13-14-24-10-6-7-11-26(24)27/h6-17H,5,19H2,1-4H3,(H,35,36)/b25-15+.